The minimum Gasteiger partial charge on any atom is -0.396 e. The molecule has 1 aliphatic carbocycles. The number of thiophene rings is 1. The van der Waals surface area contributed by atoms with E-state index in [1.807, 2.05) is 0 Å². The molecule has 82 valence electrons. The van der Waals surface area contributed by atoms with Crippen LogP contribution in [0.3, 0.4) is 0 Å². The number of hydrogen-bond donors (Lipinski definition) is 2. The van der Waals surface area contributed by atoms with Crippen molar-refractivity contribution in [3.8, 4) is 0 Å². The molecule has 2 heterocycles. The van der Waals surface area contributed by atoms with Crippen LogP contribution in [0.5, 0.6) is 0 Å². The second-order valence-corrected chi connectivity index (χ2v) is 5.20. The van der Waals surface area contributed by atoms with Crippen molar-refractivity contribution in [1.29, 1.82) is 0 Å². The van der Waals surface area contributed by atoms with Gasteiger partial charge in [0.2, 0.25) is 0 Å². The highest BCUT2D eigenvalue weighted by Crippen LogP contribution is 2.43. The van der Waals surface area contributed by atoms with Crippen LogP contribution in [0, 0.1) is 0 Å². The van der Waals surface area contributed by atoms with E-state index in [-0.39, 0.29) is 5.79 Å². The van der Waals surface area contributed by atoms with Crippen molar-refractivity contribution in [1.82, 2.24) is 0 Å². The summed E-state index contributed by atoms with van der Waals surface area (Å²) in [5.41, 5.74) is 13.7. The first-order valence-corrected chi connectivity index (χ1v) is 5.95. The molecule has 1 fully saturated rings. The van der Waals surface area contributed by atoms with E-state index in [0.717, 1.165) is 30.0 Å². The number of nitrogen functional groups attached to an aromatic ring is 2. The van der Waals surface area contributed by atoms with Crippen LogP contribution in [0.2, 0.25) is 0 Å². The lowest BCUT2D eigenvalue weighted by atomic mass is 9.92. The van der Waals surface area contributed by atoms with Gasteiger partial charge in [-0.15, -0.1) is 11.3 Å². The van der Waals surface area contributed by atoms with Crippen molar-refractivity contribution >= 4 is 22.0 Å². The molecule has 0 aromatic carbocycles. The Morgan fingerprint density at radius 1 is 1.20 bits per heavy atom. The van der Waals surface area contributed by atoms with Gasteiger partial charge in [-0.1, -0.05) is 0 Å². The van der Waals surface area contributed by atoms with Crippen molar-refractivity contribution < 1.29 is 9.47 Å². The number of hydrogen-bond acceptors (Lipinski definition) is 5. The molecular weight excluding hydrogens is 212 g/mol. The fraction of sp³-hybridized carbons (Fsp3) is 0.600. The van der Waals surface area contributed by atoms with E-state index < -0.39 is 0 Å². The molecule has 4 N–H and O–H groups in total. The molecule has 1 spiro atoms. The third-order valence-electron chi connectivity index (χ3n) is 3.16. The van der Waals surface area contributed by atoms with Crippen molar-refractivity contribution in [2.45, 2.75) is 25.0 Å². The Kier molecular flexibility index (Phi) is 1.95. The van der Waals surface area contributed by atoms with Crippen molar-refractivity contribution in [3.63, 3.8) is 0 Å². The number of nitrogens with two attached hydrogens (primary N) is 2. The molecule has 0 bridgehead atoms. The monoisotopic (exact) mass is 226 g/mol. The summed E-state index contributed by atoms with van der Waals surface area (Å²) >= 11 is 1.57. The van der Waals surface area contributed by atoms with Crippen molar-refractivity contribution in [2.24, 2.45) is 0 Å². The van der Waals surface area contributed by atoms with Gasteiger partial charge in [0.25, 0.3) is 0 Å². The topological polar surface area (TPSA) is 70.5 Å². The molecule has 2 aliphatic rings. The molecule has 5 heteroatoms. The molecule has 4 nitrogen and oxygen atoms in total. The molecule has 0 amide bonds. The van der Waals surface area contributed by atoms with Crippen LogP contribution >= 0.6 is 11.3 Å². The SMILES string of the molecule is Nc1sc2c(c1N)CCC1(C2)OCCO1. The normalized spacial score (nSPS) is 23.2. The average Bonchev–Trinajstić information content (AvgIpc) is 2.75. The maximum atomic E-state index is 5.91. The van der Waals surface area contributed by atoms with Gasteiger partial charge in [-0.2, -0.15) is 0 Å². The van der Waals surface area contributed by atoms with Gasteiger partial charge in [0, 0.05) is 17.7 Å². The second kappa shape index (κ2) is 3.10. The Morgan fingerprint density at radius 2 is 1.93 bits per heavy atom. The highest BCUT2D eigenvalue weighted by Gasteiger charge is 2.41. The van der Waals surface area contributed by atoms with Crippen LogP contribution in [0.25, 0.3) is 0 Å². The predicted octanol–water partition coefficient (Wildman–Crippen LogP) is 1.14. The first kappa shape index (κ1) is 9.45. The van der Waals surface area contributed by atoms with Crippen molar-refractivity contribution in [3.05, 3.63) is 10.4 Å². The first-order chi connectivity index (χ1) is 7.20. The zero-order valence-corrected chi connectivity index (χ0v) is 9.23. The van der Waals surface area contributed by atoms with Crippen molar-refractivity contribution in [2.75, 3.05) is 24.7 Å². The fourth-order valence-corrected chi connectivity index (χ4v) is 3.48. The standard InChI is InChI=1S/C10H14N2O2S/c11-8-6-1-2-10(13-3-4-14-10)5-7(6)15-9(8)12/h1-5,11-12H2. The summed E-state index contributed by atoms with van der Waals surface area (Å²) in [7, 11) is 0. The summed E-state index contributed by atoms with van der Waals surface area (Å²) in [4.78, 5) is 1.23. The van der Waals surface area contributed by atoms with Crippen LogP contribution in [-0.4, -0.2) is 19.0 Å². The maximum Gasteiger partial charge on any atom is 0.173 e. The van der Waals surface area contributed by atoms with E-state index in [2.05, 4.69) is 0 Å². The minimum atomic E-state index is -0.378. The van der Waals surface area contributed by atoms with Gasteiger partial charge in [-0.3, -0.25) is 0 Å². The molecule has 0 saturated carbocycles. The molecule has 1 aliphatic heterocycles. The summed E-state index contributed by atoms with van der Waals surface area (Å²) in [6, 6.07) is 0. The third-order valence-corrected chi connectivity index (χ3v) is 4.24. The van der Waals surface area contributed by atoms with Gasteiger partial charge >= 0.3 is 0 Å². The lowest BCUT2D eigenvalue weighted by molar-refractivity contribution is -0.163. The van der Waals surface area contributed by atoms with Crippen LogP contribution in [0.15, 0.2) is 0 Å². The lowest BCUT2D eigenvalue weighted by Gasteiger charge is -2.31. The van der Waals surface area contributed by atoms with E-state index in [9.17, 15) is 0 Å². The Hall–Kier alpha value is -0.780. The van der Waals surface area contributed by atoms with Gasteiger partial charge < -0.3 is 20.9 Å². The molecular formula is C10H14N2O2S. The second-order valence-electron chi connectivity index (χ2n) is 4.07. The predicted molar refractivity (Wildman–Crippen MR) is 59.8 cm³/mol. The summed E-state index contributed by atoms with van der Waals surface area (Å²) in [6.07, 6.45) is 2.60. The Balaban J connectivity index is 1.96. The van der Waals surface area contributed by atoms with Crippen LogP contribution in [0.4, 0.5) is 10.7 Å². The molecule has 0 radical (unpaired) electrons. The molecule has 3 rings (SSSR count). The number of fused-ring (bicyclic) bond motifs is 1. The number of ether oxygens (including phenoxy) is 2. The van der Waals surface area contributed by atoms with E-state index in [1.165, 1.54) is 10.4 Å². The summed E-state index contributed by atoms with van der Waals surface area (Å²) in [6.45, 7) is 1.40. The summed E-state index contributed by atoms with van der Waals surface area (Å²) in [5.74, 6) is -0.378. The zero-order chi connectivity index (χ0) is 10.5. The Bertz CT molecular complexity index is 396. The van der Waals surface area contributed by atoms with E-state index in [4.69, 9.17) is 20.9 Å². The molecule has 1 saturated heterocycles. The third kappa shape index (κ3) is 1.34. The molecule has 0 atom stereocenters. The Labute approximate surface area is 92.2 Å². The smallest absolute Gasteiger partial charge is 0.173 e. The van der Waals surface area contributed by atoms with E-state index in [0.29, 0.717) is 13.2 Å². The van der Waals surface area contributed by atoms with Gasteiger partial charge in [0.15, 0.2) is 5.79 Å². The van der Waals surface area contributed by atoms with Gasteiger partial charge in [-0.05, 0) is 12.0 Å². The number of rotatable bonds is 0. The van der Waals surface area contributed by atoms with E-state index in [1.54, 1.807) is 11.3 Å². The highest BCUT2D eigenvalue weighted by atomic mass is 32.1. The lowest BCUT2D eigenvalue weighted by Crippen LogP contribution is -2.36. The van der Waals surface area contributed by atoms with Crippen LogP contribution in [0.1, 0.15) is 16.9 Å². The number of anilines is 2. The van der Waals surface area contributed by atoms with E-state index >= 15 is 0 Å². The van der Waals surface area contributed by atoms with Gasteiger partial charge in [-0.25, -0.2) is 0 Å². The maximum absolute atomic E-state index is 5.91. The fourth-order valence-electron chi connectivity index (χ4n) is 2.36. The molecule has 1 aromatic rings. The quantitative estimate of drug-likeness (QED) is 0.696. The Morgan fingerprint density at radius 3 is 2.67 bits per heavy atom. The summed E-state index contributed by atoms with van der Waals surface area (Å²) in [5, 5.41) is 0.732. The largest absolute Gasteiger partial charge is 0.396 e. The van der Waals surface area contributed by atoms with Gasteiger partial charge in [0.05, 0.1) is 18.9 Å². The average molecular weight is 226 g/mol. The summed E-state index contributed by atoms with van der Waals surface area (Å²) < 4.78 is 11.4. The molecule has 0 unspecified atom stereocenters. The van der Waals surface area contributed by atoms with Gasteiger partial charge in [0.1, 0.15) is 5.00 Å². The molecule has 15 heavy (non-hydrogen) atoms. The molecule has 1 aromatic heterocycles. The van der Waals surface area contributed by atoms with Crippen LogP contribution < -0.4 is 11.5 Å². The van der Waals surface area contributed by atoms with Crippen LogP contribution in [-0.2, 0) is 22.3 Å². The zero-order valence-electron chi connectivity index (χ0n) is 8.41. The minimum absolute atomic E-state index is 0.378. The highest BCUT2D eigenvalue weighted by molar-refractivity contribution is 7.16. The first-order valence-electron chi connectivity index (χ1n) is 5.14.